The first-order valence-corrected chi connectivity index (χ1v) is 6.28. The number of fused-ring (bicyclic) bond motifs is 1. The number of nitrogens with two attached hydrogens (primary N) is 1. The van der Waals surface area contributed by atoms with Crippen molar-refractivity contribution in [3.63, 3.8) is 0 Å². The highest BCUT2D eigenvalue weighted by Gasteiger charge is 2.08. The molecule has 1 aromatic carbocycles. The van der Waals surface area contributed by atoms with Crippen LogP contribution in [0.25, 0.3) is 10.9 Å². The van der Waals surface area contributed by atoms with Crippen molar-refractivity contribution in [1.29, 1.82) is 0 Å². The predicted octanol–water partition coefficient (Wildman–Crippen LogP) is 2.69. The van der Waals surface area contributed by atoms with Crippen molar-refractivity contribution in [3.05, 3.63) is 35.5 Å². The van der Waals surface area contributed by atoms with Crippen LogP contribution in [-0.4, -0.2) is 18.6 Å². The standard InChI is InChI=1S/C15H20N2O/c1-10(9-16)6-12-7-11(2)17-15-5-4-13(18-3)8-14(12)15/h4-5,7-8,10H,6,9,16H2,1-3H3. The fourth-order valence-corrected chi connectivity index (χ4v) is 2.18. The highest BCUT2D eigenvalue weighted by Crippen LogP contribution is 2.25. The first-order valence-electron chi connectivity index (χ1n) is 6.28. The zero-order valence-corrected chi connectivity index (χ0v) is 11.2. The average Bonchev–Trinajstić information content (AvgIpc) is 2.38. The van der Waals surface area contributed by atoms with Gasteiger partial charge in [-0.25, -0.2) is 0 Å². The summed E-state index contributed by atoms with van der Waals surface area (Å²) < 4.78 is 5.29. The molecule has 0 bridgehead atoms. The van der Waals surface area contributed by atoms with E-state index < -0.39 is 0 Å². The lowest BCUT2D eigenvalue weighted by atomic mass is 9.97. The molecule has 18 heavy (non-hydrogen) atoms. The number of ether oxygens (including phenoxy) is 1. The number of pyridine rings is 1. The van der Waals surface area contributed by atoms with Crippen LogP contribution in [0.3, 0.4) is 0 Å². The quantitative estimate of drug-likeness (QED) is 0.899. The van der Waals surface area contributed by atoms with E-state index in [1.165, 1.54) is 10.9 Å². The average molecular weight is 244 g/mol. The van der Waals surface area contributed by atoms with Crippen LogP contribution in [0.1, 0.15) is 18.2 Å². The molecular weight excluding hydrogens is 224 g/mol. The Morgan fingerprint density at radius 2 is 2.11 bits per heavy atom. The van der Waals surface area contributed by atoms with Gasteiger partial charge in [-0.3, -0.25) is 4.98 Å². The van der Waals surface area contributed by atoms with Gasteiger partial charge in [0.05, 0.1) is 12.6 Å². The summed E-state index contributed by atoms with van der Waals surface area (Å²) in [5, 5.41) is 1.17. The molecule has 1 aromatic heterocycles. The number of aryl methyl sites for hydroxylation is 1. The van der Waals surface area contributed by atoms with Crippen LogP contribution in [0.4, 0.5) is 0 Å². The summed E-state index contributed by atoms with van der Waals surface area (Å²) in [6, 6.07) is 8.16. The Kier molecular flexibility index (Phi) is 3.82. The highest BCUT2D eigenvalue weighted by molar-refractivity contribution is 5.84. The lowest BCUT2D eigenvalue weighted by Crippen LogP contribution is -2.13. The van der Waals surface area contributed by atoms with Gasteiger partial charge in [0.25, 0.3) is 0 Å². The zero-order chi connectivity index (χ0) is 13.1. The van der Waals surface area contributed by atoms with Crippen molar-refractivity contribution < 1.29 is 4.74 Å². The summed E-state index contributed by atoms with van der Waals surface area (Å²) in [7, 11) is 1.69. The van der Waals surface area contributed by atoms with Gasteiger partial charge in [0.2, 0.25) is 0 Å². The van der Waals surface area contributed by atoms with E-state index in [1.807, 2.05) is 19.1 Å². The summed E-state index contributed by atoms with van der Waals surface area (Å²) in [6.45, 7) is 4.90. The lowest BCUT2D eigenvalue weighted by molar-refractivity contribution is 0.415. The number of aromatic nitrogens is 1. The molecule has 3 nitrogen and oxygen atoms in total. The maximum atomic E-state index is 5.72. The van der Waals surface area contributed by atoms with Crippen molar-refractivity contribution >= 4 is 10.9 Å². The largest absolute Gasteiger partial charge is 0.497 e. The van der Waals surface area contributed by atoms with E-state index in [0.717, 1.165) is 23.4 Å². The second kappa shape index (κ2) is 5.36. The van der Waals surface area contributed by atoms with E-state index in [-0.39, 0.29) is 0 Å². The summed E-state index contributed by atoms with van der Waals surface area (Å²) >= 11 is 0. The Labute approximate surface area is 108 Å². The molecule has 0 aliphatic heterocycles. The number of hydrogen-bond donors (Lipinski definition) is 1. The number of nitrogens with zero attached hydrogens (tertiary/aromatic N) is 1. The third kappa shape index (κ3) is 2.62. The monoisotopic (exact) mass is 244 g/mol. The van der Waals surface area contributed by atoms with Crippen molar-refractivity contribution in [2.24, 2.45) is 11.7 Å². The molecular formula is C15H20N2O. The molecule has 0 radical (unpaired) electrons. The minimum atomic E-state index is 0.473. The fraction of sp³-hybridized carbons (Fsp3) is 0.400. The van der Waals surface area contributed by atoms with Gasteiger partial charge in [-0.2, -0.15) is 0 Å². The highest BCUT2D eigenvalue weighted by atomic mass is 16.5. The SMILES string of the molecule is COc1ccc2nc(C)cc(CC(C)CN)c2c1. The van der Waals surface area contributed by atoms with Crippen LogP contribution >= 0.6 is 0 Å². The molecule has 0 aliphatic carbocycles. The van der Waals surface area contributed by atoms with Gasteiger partial charge in [-0.1, -0.05) is 6.92 Å². The molecule has 0 fully saturated rings. The first-order chi connectivity index (χ1) is 8.63. The molecule has 0 amide bonds. The molecule has 2 N–H and O–H groups in total. The third-order valence-corrected chi connectivity index (χ3v) is 3.20. The van der Waals surface area contributed by atoms with Crippen LogP contribution in [0.15, 0.2) is 24.3 Å². The number of rotatable bonds is 4. The Bertz CT molecular complexity index is 551. The Balaban J connectivity index is 2.54. The van der Waals surface area contributed by atoms with Gasteiger partial charge in [0, 0.05) is 11.1 Å². The van der Waals surface area contributed by atoms with Crippen molar-refractivity contribution in [3.8, 4) is 5.75 Å². The minimum Gasteiger partial charge on any atom is -0.497 e. The second-order valence-corrected chi connectivity index (χ2v) is 4.85. The number of hydrogen-bond acceptors (Lipinski definition) is 3. The van der Waals surface area contributed by atoms with Crippen molar-refractivity contribution in [2.75, 3.05) is 13.7 Å². The maximum absolute atomic E-state index is 5.72. The Hall–Kier alpha value is -1.61. The van der Waals surface area contributed by atoms with Gasteiger partial charge in [0.15, 0.2) is 0 Å². The molecule has 0 saturated carbocycles. The Morgan fingerprint density at radius 3 is 2.78 bits per heavy atom. The zero-order valence-electron chi connectivity index (χ0n) is 11.2. The van der Waals surface area contributed by atoms with Crippen LogP contribution in [0.5, 0.6) is 5.75 Å². The van der Waals surface area contributed by atoms with Gasteiger partial charge < -0.3 is 10.5 Å². The fourth-order valence-electron chi connectivity index (χ4n) is 2.18. The predicted molar refractivity (Wildman–Crippen MR) is 75.0 cm³/mol. The first kappa shape index (κ1) is 12.8. The van der Waals surface area contributed by atoms with E-state index in [1.54, 1.807) is 7.11 Å². The molecule has 0 aliphatic rings. The van der Waals surface area contributed by atoms with Crippen LogP contribution < -0.4 is 10.5 Å². The topological polar surface area (TPSA) is 48.1 Å². The molecule has 1 unspecified atom stereocenters. The van der Waals surface area contributed by atoms with Gasteiger partial charge in [-0.15, -0.1) is 0 Å². The smallest absolute Gasteiger partial charge is 0.119 e. The maximum Gasteiger partial charge on any atom is 0.119 e. The summed E-state index contributed by atoms with van der Waals surface area (Å²) in [5.41, 5.74) is 9.09. The molecule has 3 heteroatoms. The van der Waals surface area contributed by atoms with Crippen molar-refractivity contribution in [2.45, 2.75) is 20.3 Å². The summed E-state index contributed by atoms with van der Waals surface area (Å²) in [5.74, 6) is 1.34. The van der Waals surface area contributed by atoms with E-state index in [2.05, 4.69) is 24.0 Å². The lowest BCUT2D eigenvalue weighted by Gasteiger charge is -2.12. The van der Waals surface area contributed by atoms with Gasteiger partial charge in [-0.05, 0) is 55.6 Å². The molecule has 2 aromatic rings. The number of benzene rings is 1. The van der Waals surface area contributed by atoms with E-state index >= 15 is 0 Å². The van der Waals surface area contributed by atoms with E-state index in [9.17, 15) is 0 Å². The molecule has 96 valence electrons. The van der Waals surface area contributed by atoms with Gasteiger partial charge >= 0.3 is 0 Å². The van der Waals surface area contributed by atoms with Crippen molar-refractivity contribution in [1.82, 2.24) is 4.98 Å². The summed E-state index contributed by atoms with van der Waals surface area (Å²) in [4.78, 5) is 4.56. The normalized spacial score (nSPS) is 12.7. The van der Waals surface area contributed by atoms with E-state index in [0.29, 0.717) is 12.5 Å². The third-order valence-electron chi connectivity index (χ3n) is 3.20. The summed E-state index contributed by atoms with van der Waals surface area (Å²) in [6.07, 6.45) is 0.976. The van der Waals surface area contributed by atoms with Crippen LogP contribution in [-0.2, 0) is 6.42 Å². The second-order valence-electron chi connectivity index (χ2n) is 4.85. The molecule has 2 rings (SSSR count). The van der Waals surface area contributed by atoms with Gasteiger partial charge in [0.1, 0.15) is 5.75 Å². The Morgan fingerprint density at radius 1 is 1.33 bits per heavy atom. The molecule has 0 spiro atoms. The van der Waals surface area contributed by atoms with E-state index in [4.69, 9.17) is 10.5 Å². The molecule has 0 saturated heterocycles. The molecule has 1 atom stereocenters. The molecule has 1 heterocycles. The van der Waals surface area contributed by atoms with Crippen LogP contribution in [0, 0.1) is 12.8 Å². The number of methoxy groups -OCH3 is 1. The minimum absolute atomic E-state index is 0.473. The van der Waals surface area contributed by atoms with Crippen LogP contribution in [0.2, 0.25) is 0 Å².